The lowest BCUT2D eigenvalue weighted by atomic mass is 9.98. The Kier molecular flexibility index (Phi) is 7.73. The van der Waals surface area contributed by atoms with Crippen molar-refractivity contribution in [2.24, 2.45) is 0 Å². The number of nitrogens with one attached hydrogen (secondary N) is 1. The highest BCUT2D eigenvalue weighted by Crippen LogP contribution is 2.40. The number of aromatic nitrogens is 2. The summed E-state index contributed by atoms with van der Waals surface area (Å²) in [6, 6.07) is 12.3. The molecule has 1 fully saturated rings. The Balaban J connectivity index is 0.00000141. The van der Waals surface area contributed by atoms with Crippen LogP contribution in [0, 0.1) is 5.82 Å². The highest BCUT2D eigenvalue weighted by Gasteiger charge is 2.37. The van der Waals surface area contributed by atoms with E-state index >= 15 is 0 Å². The fraction of sp³-hybridized carbons (Fsp3) is 0.304. The van der Waals surface area contributed by atoms with Crippen LogP contribution in [-0.4, -0.2) is 36.1 Å². The molecule has 170 valence electrons. The zero-order chi connectivity index (χ0) is 23.3. The van der Waals surface area contributed by atoms with Crippen LogP contribution in [0.3, 0.4) is 0 Å². The maximum Gasteiger partial charge on any atom is 0.451 e. The van der Waals surface area contributed by atoms with Gasteiger partial charge >= 0.3 is 6.18 Å². The van der Waals surface area contributed by atoms with Gasteiger partial charge in [0.15, 0.2) is 0 Å². The fourth-order valence-electron chi connectivity index (χ4n) is 3.39. The summed E-state index contributed by atoms with van der Waals surface area (Å²) in [5.41, 5.74) is 1.63. The van der Waals surface area contributed by atoms with E-state index in [1.807, 2.05) is 18.7 Å². The number of piperazine rings is 1. The molecule has 32 heavy (non-hydrogen) atoms. The average molecular weight is 465 g/mol. The minimum absolute atomic E-state index is 0.109. The predicted octanol–water partition coefficient (Wildman–Crippen LogP) is 5.69. The first-order chi connectivity index (χ1) is 15.3. The summed E-state index contributed by atoms with van der Waals surface area (Å²) in [6.07, 6.45) is -4.72. The van der Waals surface area contributed by atoms with Gasteiger partial charge in [0, 0.05) is 36.6 Å². The molecule has 3 aromatic rings. The van der Waals surface area contributed by atoms with Crippen molar-refractivity contribution in [3.05, 3.63) is 60.2 Å². The first kappa shape index (κ1) is 24.0. The maximum atomic E-state index is 13.7. The number of hydrogen-bond acceptors (Lipinski definition) is 5. The van der Waals surface area contributed by atoms with Crippen LogP contribution in [0.2, 0.25) is 0 Å². The van der Waals surface area contributed by atoms with Gasteiger partial charge < -0.3 is 10.2 Å². The van der Waals surface area contributed by atoms with Gasteiger partial charge in [0.2, 0.25) is 5.82 Å². The van der Waals surface area contributed by atoms with E-state index in [9.17, 15) is 17.6 Å². The van der Waals surface area contributed by atoms with E-state index in [1.165, 1.54) is 24.3 Å². The van der Waals surface area contributed by atoms with E-state index in [2.05, 4.69) is 27.9 Å². The molecule has 2 aromatic carbocycles. The Bertz CT molecular complexity index is 1030. The van der Waals surface area contributed by atoms with Crippen LogP contribution in [0.1, 0.15) is 19.7 Å². The van der Waals surface area contributed by atoms with Gasteiger partial charge in [-0.1, -0.05) is 26.0 Å². The normalized spacial score (nSPS) is 14.0. The highest BCUT2D eigenvalue weighted by atomic mass is 32.1. The summed E-state index contributed by atoms with van der Waals surface area (Å²) >= 11 is 4.29. The van der Waals surface area contributed by atoms with Crippen molar-refractivity contribution in [3.8, 4) is 22.4 Å². The predicted molar refractivity (Wildman–Crippen MR) is 122 cm³/mol. The molecule has 0 atom stereocenters. The molecule has 0 radical (unpaired) electrons. The van der Waals surface area contributed by atoms with Crippen LogP contribution >= 0.6 is 12.6 Å². The fourth-order valence-corrected chi connectivity index (χ4v) is 3.54. The monoisotopic (exact) mass is 464 g/mol. The summed E-state index contributed by atoms with van der Waals surface area (Å²) in [7, 11) is 0. The van der Waals surface area contributed by atoms with E-state index in [1.54, 1.807) is 24.3 Å². The van der Waals surface area contributed by atoms with Gasteiger partial charge in [0.1, 0.15) is 11.6 Å². The van der Waals surface area contributed by atoms with E-state index in [0.717, 1.165) is 4.90 Å². The van der Waals surface area contributed by atoms with Crippen molar-refractivity contribution in [1.82, 2.24) is 15.3 Å². The van der Waals surface area contributed by atoms with Crippen LogP contribution in [0.25, 0.3) is 22.4 Å². The summed E-state index contributed by atoms with van der Waals surface area (Å²) < 4.78 is 54.4. The van der Waals surface area contributed by atoms with Crippen LogP contribution in [0.5, 0.6) is 0 Å². The number of anilines is 1. The van der Waals surface area contributed by atoms with Gasteiger partial charge in [-0.25, -0.2) is 14.4 Å². The number of rotatable bonds is 3. The Hall–Kier alpha value is -2.65. The molecule has 0 unspecified atom stereocenters. The average Bonchev–Trinajstić information content (AvgIpc) is 2.81. The summed E-state index contributed by atoms with van der Waals surface area (Å²) in [4.78, 5) is 10.4. The van der Waals surface area contributed by atoms with Crippen LogP contribution in [-0.2, 0) is 6.18 Å². The van der Waals surface area contributed by atoms with Crippen molar-refractivity contribution in [2.75, 3.05) is 31.1 Å². The van der Waals surface area contributed by atoms with Gasteiger partial charge in [-0.15, -0.1) is 12.6 Å². The molecular formula is C23H24F4N4S. The smallest absolute Gasteiger partial charge is 0.353 e. The largest absolute Gasteiger partial charge is 0.451 e. The molecule has 0 bridgehead atoms. The third-order valence-corrected chi connectivity index (χ3v) is 5.13. The van der Waals surface area contributed by atoms with Crippen molar-refractivity contribution in [3.63, 3.8) is 0 Å². The summed E-state index contributed by atoms with van der Waals surface area (Å²) in [5, 5.41) is 3.19. The summed E-state index contributed by atoms with van der Waals surface area (Å²) in [6.45, 7) is 6.28. The first-order valence-corrected chi connectivity index (χ1v) is 10.8. The molecule has 0 saturated carbocycles. The van der Waals surface area contributed by atoms with Crippen molar-refractivity contribution < 1.29 is 17.6 Å². The zero-order valence-electron chi connectivity index (χ0n) is 17.7. The van der Waals surface area contributed by atoms with Gasteiger partial charge in [0.05, 0.1) is 11.3 Å². The van der Waals surface area contributed by atoms with Crippen molar-refractivity contribution >= 4 is 18.4 Å². The number of alkyl halides is 3. The quantitative estimate of drug-likeness (QED) is 0.386. The van der Waals surface area contributed by atoms with Crippen LogP contribution in [0.15, 0.2) is 53.4 Å². The Labute approximate surface area is 190 Å². The molecule has 1 aliphatic heterocycles. The van der Waals surface area contributed by atoms with Gasteiger partial charge in [0.25, 0.3) is 0 Å². The molecule has 1 aromatic heterocycles. The van der Waals surface area contributed by atoms with Crippen molar-refractivity contribution in [1.29, 1.82) is 0 Å². The number of benzene rings is 2. The van der Waals surface area contributed by atoms with E-state index in [0.29, 0.717) is 42.9 Å². The Morgan fingerprint density at radius 2 is 1.44 bits per heavy atom. The molecule has 4 nitrogen and oxygen atoms in total. The number of halogens is 4. The molecular weight excluding hydrogens is 440 g/mol. The molecule has 1 N–H and O–H groups in total. The summed E-state index contributed by atoms with van der Waals surface area (Å²) in [5.74, 6) is -1.48. The lowest BCUT2D eigenvalue weighted by Crippen LogP contribution is -2.44. The second-order valence-corrected chi connectivity index (χ2v) is 7.40. The second-order valence-electron chi connectivity index (χ2n) is 6.88. The maximum absolute atomic E-state index is 13.7. The second kappa shape index (κ2) is 10.3. The lowest BCUT2D eigenvalue weighted by molar-refractivity contribution is -0.144. The topological polar surface area (TPSA) is 41.1 Å². The SMILES string of the molecule is CC.Fc1ccc(-c2nc(C(F)(F)F)nc(N3CCNCC3)c2-c2ccc(S)cc2)cc1. The Morgan fingerprint density at radius 1 is 0.875 bits per heavy atom. The molecule has 9 heteroatoms. The number of hydrogen-bond donors (Lipinski definition) is 2. The number of nitrogens with zero attached hydrogens (tertiary/aromatic N) is 3. The zero-order valence-corrected chi connectivity index (χ0v) is 18.6. The highest BCUT2D eigenvalue weighted by molar-refractivity contribution is 7.80. The molecule has 0 amide bonds. The minimum atomic E-state index is -4.72. The Morgan fingerprint density at radius 3 is 2.00 bits per heavy atom. The van der Waals surface area contributed by atoms with Crippen LogP contribution < -0.4 is 10.2 Å². The first-order valence-electron chi connectivity index (χ1n) is 10.3. The molecule has 1 saturated heterocycles. The molecule has 0 spiro atoms. The van der Waals surface area contributed by atoms with E-state index < -0.39 is 17.8 Å². The molecule has 0 aliphatic carbocycles. The third-order valence-electron chi connectivity index (χ3n) is 4.83. The minimum Gasteiger partial charge on any atom is -0.353 e. The standard InChI is InChI=1S/C21H18F4N4S.C2H6/c22-15-5-1-14(2-6-15)18-17(13-3-7-16(30)8-4-13)19(29-11-9-26-10-12-29)28-20(27-18)21(23,24)25;1-2/h1-8,26,30H,9-12H2;1-2H3. The van der Waals surface area contributed by atoms with E-state index in [-0.39, 0.29) is 11.5 Å². The lowest BCUT2D eigenvalue weighted by Gasteiger charge is -2.31. The van der Waals surface area contributed by atoms with Gasteiger partial charge in [-0.3, -0.25) is 0 Å². The van der Waals surface area contributed by atoms with E-state index in [4.69, 9.17) is 0 Å². The molecule has 1 aliphatic rings. The third kappa shape index (κ3) is 5.39. The van der Waals surface area contributed by atoms with Crippen molar-refractivity contribution in [2.45, 2.75) is 24.9 Å². The molecule has 2 heterocycles. The van der Waals surface area contributed by atoms with Crippen LogP contribution in [0.4, 0.5) is 23.4 Å². The number of thiol groups is 1. The molecule has 4 rings (SSSR count). The van der Waals surface area contributed by atoms with Gasteiger partial charge in [-0.2, -0.15) is 13.2 Å². The van der Waals surface area contributed by atoms with Gasteiger partial charge in [-0.05, 0) is 42.0 Å².